The van der Waals surface area contributed by atoms with Gasteiger partial charge in [-0.15, -0.1) is 0 Å². The van der Waals surface area contributed by atoms with Crippen molar-refractivity contribution in [3.8, 4) is 5.75 Å². The van der Waals surface area contributed by atoms with Crippen LogP contribution in [0, 0.1) is 0 Å². The van der Waals surface area contributed by atoms with E-state index in [0.29, 0.717) is 25.3 Å². The highest BCUT2D eigenvalue weighted by atomic mass is 16.5. The summed E-state index contributed by atoms with van der Waals surface area (Å²) in [6.45, 7) is 4.50. The van der Waals surface area contributed by atoms with E-state index in [4.69, 9.17) is 4.74 Å². The van der Waals surface area contributed by atoms with Crippen LogP contribution in [0.5, 0.6) is 5.75 Å². The lowest BCUT2D eigenvalue weighted by Crippen LogP contribution is -2.50. The first kappa shape index (κ1) is 19.5. The van der Waals surface area contributed by atoms with Crippen molar-refractivity contribution >= 4 is 11.8 Å². The Hall–Kier alpha value is -2.82. The van der Waals surface area contributed by atoms with Crippen molar-refractivity contribution in [3.63, 3.8) is 0 Å². The SMILES string of the molecule is CCNC(=O)[C@H](C)N(CCc1ccccc1)C(=O)COc1ccccc1. The molecule has 1 atom stereocenters. The van der Waals surface area contributed by atoms with Gasteiger partial charge in [0.15, 0.2) is 6.61 Å². The van der Waals surface area contributed by atoms with E-state index in [1.54, 1.807) is 24.0 Å². The van der Waals surface area contributed by atoms with Crippen LogP contribution in [0.1, 0.15) is 19.4 Å². The number of likely N-dealkylation sites (N-methyl/N-ethyl adjacent to an activating group) is 1. The zero-order valence-corrected chi connectivity index (χ0v) is 15.4. The number of para-hydroxylation sites is 1. The molecule has 0 fully saturated rings. The standard InChI is InChI=1S/C21H26N2O3/c1-3-22-21(25)17(2)23(15-14-18-10-6-4-7-11-18)20(24)16-26-19-12-8-5-9-13-19/h4-13,17H,3,14-16H2,1-2H3,(H,22,25)/t17-/m0/s1. The Kier molecular flexibility index (Phi) is 7.68. The van der Waals surface area contributed by atoms with Crippen molar-refractivity contribution in [2.75, 3.05) is 19.7 Å². The molecule has 0 aliphatic carbocycles. The Morgan fingerprint density at radius 2 is 1.65 bits per heavy atom. The molecule has 0 bridgehead atoms. The minimum atomic E-state index is -0.550. The van der Waals surface area contributed by atoms with Crippen LogP contribution in [-0.4, -0.2) is 42.5 Å². The fourth-order valence-electron chi connectivity index (χ4n) is 2.64. The molecule has 0 aromatic heterocycles. The van der Waals surface area contributed by atoms with E-state index >= 15 is 0 Å². The first-order chi connectivity index (χ1) is 12.6. The quantitative estimate of drug-likeness (QED) is 0.753. The molecule has 5 nitrogen and oxygen atoms in total. The largest absolute Gasteiger partial charge is 0.484 e. The molecular weight excluding hydrogens is 328 g/mol. The summed E-state index contributed by atoms with van der Waals surface area (Å²) in [7, 11) is 0. The molecule has 0 saturated carbocycles. The number of ether oxygens (including phenoxy) is 1. The molecule has 0 saturated heterocycles. The van der Waals surface area contributed by atoms with Gasteiger partial charge in [-0.2, -0.15) is 0 Å². The number of nitrogens with zero attached hydrogens (tertiary/aromatic N) is 1. The predicted molar refractivity (Wildman–Crippen MR) is 102 cm³/mol. The molecule has 1 N–H and O–H groups in total. The van der Waals surface area contributed by atoms with E-state index in [2.05, 4.69) is 5.32 Å². The summed E-state index contributed by atoms with van der Waals surface area (Å²) in [4.78, 5) is 26.5. The lowest BCUT2D eigenvalue weighted by Gasteiger charge is -2.28. The maximum absolute atomic E-state index is 12.7. The molecular formula is C21H26N2O3. The van der Waals surface area contributed by atoms with Crippen LogP contribution in [0.4, 0.5) is 0 Å². The second-order valence-corrected chi connectivity index (χ2v) is 6.00. The maximum atomic E-state index is 12.7. The first-order valence-electron chi connectivity index (χ1n) is 8.90. The predicted octanol–water partition coefficient (Wildman–Crippen LogP) is 2.66. The van der Waals surface area contributed by atoms with E-state index in [-0.39, 0.29) is 18.4 Å². The molecule has 26 heavy (non-hydrogen) atoms. The van der Waals surface area contributed by atoms with Gasteiger partial charge in [-0.1, -0.05) is 48.5 Å². The summed E-state index contributed by atoms with van der Waals surface area (Å²) in [5, 5.41) is 2.78. The number of hydrogen-bond acceptors (Lipinski definition) is 3. The van der Waals surface area contributed by atoms with Gasteiger partial charge < -0.3 is 15.0 Å². The molecule has 0 aliphatic heterocycles. The molecule has 2 rings (SSSR count). The normalized spacial score (nSPS) is 11.5. The van der Waals surface area contributed by atoms with Crippen molar-refractivity contribution < 1.29 is 14.3 Å². The molecule has 2 amide bonds. The highest BCUT2D eigenvalue weighted by molar-refractivity contribution is 5.87. The van der Waals surface area contributed by atoms with Gasteiger partial charge in [0, 0.05) is 13.1 Å². The van der Waals surface area contributed by atoms with Crippen molar-refractivity contribution in [1.82, 2.24) is 10.2 Å². The maximum Gasteiger partial charge on any atom is 0.261 e. The molecule has 2 aromatic carbocycles. The molecule has 0 radical (unpaired) electrons. The number of hydrogen-bond donors (Lipinski definition) is 1. The topological polar surface area (TPSA) is 58.6 Å². The molecule has 138 valence electrons. The Labute approximate surface area is 155 Å². The molecule has 0 unspecified atom stereocenters. The third-order valence-corrected chi connectivity index (χ3v) is 4.11. The molecule has 0 spiro atoms. The summed E-state index contributed by atoms with van der Waals surface area (Å²) in [5.74, 6) is 0.270. The third-order valence-electron chi connectivity index (χ3n) is 4.11. The average Bonchev–Trinajstić information content (AvgIpc) is 2.68. The van der Waals surface area contributed by atoms with Crippen LogP contribution in [0.3, 0.4) is 0 Å². The van der Waals surface area contributed by atoms with Crippen LogP contribution in [-0.2, 0) is 16.0 Å². The number of carbonyl (C=O) groups excluding carboxylic acids is 2. The molecule has 2 aromatic rings. The minimum absolute atomic E-state index is 0.0947. The van der Waals surface area contributed by atoms with Gasteiger partial charge in [0.05, 0.1) is 0 Å². The lowest BCUT2D eigenvalue weighted by molar-refractivity contribution is -0.141. The summed E-state index contributed by atoms with van der Waals surface area (Å²) < 4.78 is 5.57. The highest BCUT2D eigenvalue weighted by Crippen LogP contribution is 2.10. The van der Waals surface area contributed by atoms with E-state index in [9.17, 15) is 9.59 Å². The number of nitrogens with one attached hydrogen (secondary N) is 1. The minimum Gasteiger partial charge on any atom is -0.484 e. The van der Waals surface area contributed by atoms with E-state index in [1.807, 2.05) is 55.5 Å². The van der Waals surface area contributed by atoms with Gasteiger partial charge in [0.1, 0.15) is 11.8 Å². The number of benzene rings is 2. The fourth-order valence-corrected chi connectivity index (χ4v) is 2.64. The lowest BCUT2D eigenvalue weighted by atomic mass is 10.1. The van der Waals surface area contributed by atoms with Gasteiger partial charge in [0.2, 0.25) is 5.91 Å². The van der Waals surface area contributed by atoms with Crippen LogP contribution in [0.15, 0.2) is 60.7 Å². The van der Waals surface area contributed by atoms with Crippen LogP contribution < -0.4 is 10.1 Å². The first-order valence-corrected chi connectivity index (χ1v) is 8.90. The van der Waals surface area contributed by atoms with Crippen molar-refractivity contribution in [3.05, 3.63) is 66.2 Å². The highest BCUT2D eigenvalue weighted by Gasteiger charge is 2.25. The fraction of sp³-hybridized carbons (Fsp3) is 0.333. The van der Waals surface area contributed by atoms with Gasteiger partial charge in [-0.25, -0.2) is 0 Å². The summed E-state index contributed by atoms with van der Waals surface area (Å²) in [6.07, 6.45) is 0.682. The van der Waals surface area contributed by atoms with Gasteiger partial charge in [-0.05, 0) is 38.0 Å². The second kappa shape index (κ2) is 10.2. The Morgan fingerprint density at radius 3 is 2.27 bits per heavy atom. The number of carbonyl (C=O) groups is 2. The molecule has 0 heterocycles. The van der Waals surface area contributed by atoms with E-state index in [1.165, 1.54) is 0 Å². The van der Waals surface area contributed by atoms with E-state index < -0.39 is 6.04 Å². The van der Waals surface area contributed by atoms with Crippen LogP contribution in [0.25, 0.3) is 0 Å². The molecule has 5 heteroatoms. The zero-order chi connectivity index (χ0) is 18.8. The summed E-state index contributed by atoms with van der Waals surface area (Å²) in [6, 6.07) is 18.6. The van der Waals surface area contributed by atoms with Crippen molar-refractivity contribution in [2.24, 2.45) is 0 Å². The Bertz CT molecular complexity index is 689. The van der Waals surface area contributed by atoms with Crippen molar-refractivity contribution in [2.45, 2.75) is 26.3 Å². The number of rotatable bonds is 9. The monoisotopic (exact) mass is 354 g/mol. The smallest absolute Gasteiger partial charge is 0.261 e. The summed E-state index contributed by atoms with van der Waals surface area (Å²) in [5.41, 5.74) is 1.12. The Balaban J connectivity index is 2.02. The summed E-state index contributed by atoms with van der Waals surface area (Å²) >= 11 is 0. The van der Waals surface area contributed by atoms with Gasteiger partial charge >= 0.3 is 0 Å². The van der Waals surface area contributed by atoms with E-state index in [0.717, 1.165) is 5.56 Å². The van der Waals surface area contributed by atoms with Crippen molar-refractivity contribution in [1.29, 1.82) is 0 Å². The van der Waals surface area contributed by atoms with Gasteiger partial charge in [-0.3, -0.25) is 9.59 Å². The number of amides is 2. The van der Waals surface area contributed by atoms with Crippen LogP contribution in [0.2, 0.25) is 0 Å². The van der Waals surface area contributed by atoms with Crippen LogP contribution >= 0.6 is 0 Å². The molecule has 0 aliphatic rings. The third kappa shape index (κ3) is 5.92. The van der Waals surface area contributed by atoms with Gasteiger partial charge in [0.25, 0.3) is 5.91 Å². The zero-order valence-electron chi connectivity index (χ0n) is 15.4. The second-order valence-electron chi connectivity index (χ2n) is 6.00. The average molecular weight is 354 g/mol. The Morgan fingerprint density at radius 1 is 1.04 bits per heavy atom.